The number of nitrogen functional groups attached to an aromatic ring is 1. The quantitative estimate of drug-likeness (QED) is 0.508. The lowest BCUT2D eigenvalue weighted by Crippen LogP contribution is -2.44. The fourth-order valence-corrected chi connectivity index (χ4v) is 5.14. The monoisotopic (exact) mass is 495 g/mol. The fourth-order valence-electron chi connectivity index (χ4n) is 4.13. The molecule has 0 radical (unpaired) electrons. The van der Waals surface area contributed by atoms with Gasteiger partial charge in [0.2, 0.25) is 0 Å². The summed E-state index contributed by atoms with van der Waals surface area (Å²) in [5.41, 5.74) is 8.22. The number of nitrogens with zero attached hydrogens (tertiary/aromatic N) is 4. The van der Waals surface area contributed by atoms with Crippen LogP contribution in [0.5, 0.6) is 0 Å². The van der Waals surface area contributed by atoms with Crippen molar-refractivity contribution in [3.8, 4) is 0 Å². The van der Waals surface area contributed by atoms with Crippen molar-refractivity contribution in [2.75, 3.05) is 12.3 Å². The van der Waals surface area contributed by atoms with E-state index in [4.69, 9.17) is 24.4 Å². The van der Waals surface area contributed by atoms with Crippen LogP contribution >= 0.6 is 0 Å². The molecule has 2 fully saturated rings. The smallest absolute Gasteiger partial charge is 0.192 e. The van der Waals surface area contributed by atoms with Gasteiger partial charge in [0.05, 0.1) is 12.9 Å². The Kier molecular flexibility index (Phi) is 6.26. The van der Waals surface area contributed by atoms with E-state index in [2.05, 4.69) is 48.8 Å². The second kappa shape index (κ2) is 9.10. The molecule has 186 valence electrons. The maximum atomic E-state index is 6.51. The van der Waals surface area contributed by atoms with Crippen LogP contribution in [0.2, 0.25) is 18.1 Å². The first-order chi connectivity index (χ1) is 16.6. The molecule has 9 nitrogen and oxygen atoms in total. The van der Waals surface area contributed by atoms with Gasteiger partial charge in [0.1, 0.15) is 30.2 Å². The molecule has 2 aromatic heterocycles. The summed E-state index contributed by atoms with van der Waals surface area (Å²) >= 11 is 0. The summed E-state index contributed by atoms with van der Waals surface area (Å²) in [5, 5.41) is 0.0907. The van der Waals surface area contributed by atoms with E-state index < -0.39 is 20.8 Å². The van der Waals surface area contributed by atoms with Crippen LogP contribution < -0.4 is 5.73 Å². The number of aromatic nitrogens is 4. The van der Waals surface area contributed by atoms with E-state index in [9.17, 15) is 0 Å². The first-order valence-corrected chi connectivity index (χ1v) is 14.8. The summed E-state index contributed by atoms with van der Waals surface area (Å²) in [6.45, 7) is 11.6. The topological polar surface area (TPSA) is 107 Å². The molecule has 3 aromatic rings. The Morgan fingerprint density at radius 3 is 2.54 bits per heavy atom. The zero-order valence-corrected chi connectivity index (χ0v) is 21.8. The minimum Gasteiger partial charge on any atom is -0.414 e. The molecule has 5 atom stereocenters. The second-order valence-electron chi connectivity index (χ2n) is 10.6. The minimum atomic E-state index is -1.98. The number of hydrogen-bond donors (Lipinski definition) is 1. The Labute approximate surface area is 206 Å². The van der Waals surface area contributed by atoms with Gasteiger partial charge < -0.3 is 24.4 Å². The molecule has 5 rings (SSSR count). The van der Waals surface area contributed by atoms with Gasteiger partial charge in [-0.15, -0.1) is 0 Å². The highest BCUT2D eigenvalue weighted by molar-refractivity contribution is 6.74. The third-order valence-corrected chi connectivity index (χ3v) is 11.7. The fraction of sp³-hybridized carbons (Fsp3) is 0.480. The van der Waals surface area contributed by atoms with Crippen molar-refractivity contribution in [3.05, 3.63) is 54.6 Å². The lowest BCUT2D eigenvalue weighted by molar-refractivity contribution is -0.132. The van der Waals surface area contributed by atoms with E-state index in [0.29, 0.717) is 23.6 Å². The van der Waals surface area contributed by atoms with Crippen molar-refractivity contribution in [3.63, 3.8) is 0 Å². The molecule has 2 aliphatic heterocycles. The van der Waals surface area contributed by atoms with E-state index in [1.54, 1.807) is 6.33 Å². The van der Waals surface area contributed by atoms with Crippen molar-refractivity contribution in [2.24, 2.45) is 0 Å². The van der Waals surface area contributed by atoms with Crippen molar-refractivity contribution in [1.82, 2.24) is 19.5 Å². The summed E-state index contributed by atoms with van der Waals surface area (Å²) in [7, 11) is -1.98. The Morgan fingerprint density at radius 1 is 1.06 bits per heavy atom. The predicted molar refractivity (Wildman–Crippen MR) is 136 cm³/mol. The van der Waals surface area contributed by atoms with Crippen LogP contribution in [0.15, 0.2) is 49.1 Å². The minimum absolute atomic E-state index is 0.0907. The van der Waals surface area contributed by atoms with Gasteiger partial charge in [0.25, 0.3) is 0 Å². The van der Waals surface area contributed by atoms with Crippen molar-refractivity contribution in [1.29, 1.82) is 0 Å². The highest BCUT2D eigenvalue weighted by Gasteiger charge is 2.54. The van der Waals surface area contributed by atoms with Crippen LogP contribution in [0.4, 0.5) is 5.82 Å². The number of imidazole rings is 1. The largest absolute Gasteiger partial charge is 0.414 e. The van der Waals surface area contributed by atoms with Gasteiger partial charge in [-0.1, -0.05) is 57.2 Å². The summed E-state index contributed by atoms with van der Waals surface area (Å²) in [6, 6.07) is 10.1. The molecule has 1 aromatic carbocycles. The molecule has 2 aliphatic rings. The van der Waals surface area contributed by atoms with E-state index >= 15 is 0 Å². The van der Waals surface area contributed by atoms with Crippen LogP contribution in [0.25, 0.3) is 17.2 Å². The summed E-state index contributed by atoms with van der Waals surface area (Å²) in [5.74, 6) is 0.327. The van der Waals surface area contributed by atoms with Crippen LogP contribution in [-0.2, 0) is 18.6 Å². The molecular weight excluding hydrogens is 462 g/mol. The molecule has 2 saturated heterocycles. The number of hydrogen-bond acceptors (Lipinski definition) is 8. The average molecular weight is 496 g/mol. The molecule has 0 aliphatic carbocycles. The molecule has 4 heterocycles. The lowest BCUT2D eigenvalue weighted by Gasteiger charge is -2.37. The van der Waals surface area contributed by atoms with Crippen molar-refractivity contribution in [2.45, 2.75) is 69.7 Å². The zero-order chi connectivity index (χ0) is 24.8. The number of ether oxygens (including phenoxy) is 3. The van der Waals surface area contributed by atoms with Gasteiger partial charge in [-0.25, -0.2) is 15.0 Å². The average Bonchev–Trinajstić information content (AvgIpc) is 3.50. The molecule has 0 bridgehead atoms. The molecule has 0 spiro atoms. The highest BCUT2D eigenvalue weighted by atomic mass is 28.4. The summed E-state index contributed by atoms with van der Waals surface area (Å²) in [6.07, 6.45) is 5.10. The van der Waals surface area contributed by atoms with Crippen molar-refractivity contribution >= 4 is 31.4 Å². The van der Waals surface area contributed by atoms with E-state index in [-0.39, 0.29) is 23.4 Å². The maximum Gasteiger partial charge on any atom is 0.192 e. The lowest BCUT2D eigenvalue weighted by atomic mass is 10.1. The number of rotatable bonds is 6. The van der Waals surface area contributed by atoms with E-state index in [1.165, 1.54) is 6.33 Å². The molecule has 1 unspecified atom stereocenters. The first-order valence-electron chi connectivity index (χ1n) is 11.9. The van der Waals surface area contributed by atoms with Gasteiger partial charge in [-0.3, -0.25) is 4.57 Å². The maximum absolute atomic E-state index is 6.51. The Bertz CT molecular complexity index is 1210. The van der Waals surface area contributed by atoms with Gasteiger partial charge >= 0.3 is 0 Å². The van der Waals surface area contributed by atoms with Crippen molar-refractivity contribution < 1.29 is 18.6 Å². The third-order valence-electron chi connectivity index (χ3n) is 7.19. The second-order valence-corrected chi connectivity index (χ2v) is 15.4. The Balaban J connectivity index is 1.41. The van der Waals surface area contributed by atoms with Gasteiger partial charge in [-0.2, -0.15) is 0 Å². The number of fused-ring (bicyclic) bond motifs is 2. The normalized spacial score (nSPS) is 27.2. The van der Waals surface area contributed by atoms with Crippen LogP contribution in [0, 0.1) is 0 Å². The number of anilines is 1. The van der Waals surface area contributed by atoms with Crippen LogP contribution in [-0.4, -0.2) is 59.0 Å². The van der Waals surface area contributed by atoms with Gasteiger partial charge in [0, 0.05) is 0 Å². The summed E-state index contributed by atoms with van der Waals surface area (Å²) in [4.78, 5) is 12.8. The highest BCUT2D eigenvalue weighted by Crippen LogP contribution is 2.42. The van der Waals surface area contributed by atoms with Gasteiger partial charge in [-0.05, 0) is 29.8 Å². The predicted octanol–water partition coefficient (Wildman–Crippen LogP) is 4.15. The first kappa shape index (κ1) is 24.1. The van der Waals surface area contributed by atoms with Gasteiger partial charge in [0.15, 0.2) is 32.3 Å². The standard InChI is InChI=1S/C25H33N5O4Si/c1-25(2,3)35(4,5)31-13-17-20-21(34-18(33-20)12-11-16-9-7-6-8-10-16)24(32-17)30-15-29-19-22(26)27-14-28-23(19)30/h6-12,14-15,17-18,20-21,24H,13H2,1-5H3,(H2,26,27,28)/t17-,18+,20+,21?,24-/m1/s1. The van der Waals surface area contributed by atoms with E-state index in [0.717, 1.165) is 5.56 Å². The summed E-state index contributed by atoms with van der Waals surface area (Å²) < 4.78 is 27.5. The third kappa shape index (κ3) is 4.64. The molecular formula is C25H33N5O4Si. The number of nitrogens with two attached hydrogens (primary N) is 1. The molecule has 10 heteroatoms. The van der Waals surface area contributed by atoms with E-state index in [1.807, 2.05) is 47.1 Å². The molecule has 0 amide bonds. The van der Waals surface area contributed by atoms with Crippen LogP contribution in [0.3, 0.4) is 0 Å². The molecule has 2 N–H and O–H groups in total. The molecule has 35 heavy (non-hydrogen) atoms. The SMILES string of the molecule is CC(C)(C)[Si](C)(C)OC[C@H]1O[C@@H](n2cnc3c(N)ncnc32)C2O[C@@H](C=Cc3ccccc3)O[C@H]21. The Hall–Kier alpha value is -2.63. The zero-order valence-electron chi connectivity index (χ0n) is 20.8. The van der Waals surface area contributed by atoms with Crippen LogP contribution in [0.1, 0.15) is 32.6 Å². The Morgan fingerprint density at radius 2 is 1.80 bits per heavy atom. The number of benzene rings is 1. The molecule has 0 saturated carbocycles.